The van der Waals surface area contributed by atoms with Crippen molar-refractivity contribution in [3.63, 3.8) is 0 Å². The minimum absolute atomic E-state index is 0. The summed E-state index contributed by atoms with van der Waals surface area (Å²) in [5, 5.41) is 33.3. The number of benzene rings is 4. The molecule has 20 nitrogen and oxygen atoms in total. The quantitative estimate of drug-likeness (QED) is 0.0850. The molecule has 4 heterocycles. The van der Waals surface area contributed by atoms with Crippen LogP contribution in [0.5, 0.6) is 23.0 Å². The smallest absolute Gasteiger partial charge is 0.744 e. The summed E-state index contributed by atoms with van der Waals surface area (Å²) in [5.41, 5.74) is -0.0950. The number of aromatic hydroxyl groups is 2. The molecule has 1 aliphatic carbocycles. The molecule has 0 amide bonds. The number of fused-ring (bicyclic) bond motifs is 8. The molecule has 2 N–H and O–H groups in total. The van der Waals surface area contributed by atoms with Crippen LogP contribution in [0.15, 0.2) is 89.6 Å². The number of thiazole rings is 4. The largest absolute Gasteiger partial charge is 1.00 e. The molecular formula is C44H32N4Na4O16S8. The standard InChI is InChI=1S/C44H36N4O16S8.4Na/c1-21-17-65-41(45-21)43-47-31(19-67-43)15-63-39-27-3-23-7-33(69(51,52)53)9-25(37(23)49)5-29-13-36(72(60,61)62)14-30(40(29)64-16-32-20-68-44(48-32)42-46-22(2)18-66-42)6-26-10-34(70(54,55)56)8-24(38(26)50)4-28(39)12-35(11-27)71(57,58)59;;;;/h7-14,17-20,49-50H,3-6,15-16H2,1-2H3,(H,51,52,53)(H,54,55,56)(H,57,58,59)(H,60,61,62);;;;/q;4*+1/p-4. The van der Waals surface area contributed by atoms with E-state index in [1.807, 2.05) is 10.8 Å². The molecule has 32 heteroatoms. The van der Waals surface area contributed by atoms with Gasteiger partial charge in [-0.1, -0.05) is 0 Å². The Morgan fingerprint density at radius 3 is 0.895 bits per heavy atom. The van der Waals surface area contributed by atoms with Gasteiger partial charge in [0, 0.05) is 80.8 Å². The maximum Gasteiger partial charge on any atom is 1.00 e. The summed E-state index contributed by atoms with van der Waals surface area (Å²) < 4.78 is 167. The fourth-order valence-electron chi connectivity index (χ4n) is 7.87. The summed E-state index contributed by atoms with van der Waals surface area (Å²) in [5.74, 6) is -1.83. The molecule has 0 saturated heterocycles. The third kappa shape index (κ3) is 15.0. The van der Waals surface area contributed by atoms with E-state index in [1.165, 1.54) is 45.3 Å². The molecule has 0 radical (unpaired) electrons. The molecule has 9 rings (SSSR count). The van der Waals surface area contributed by atoms with Crippen molar-refractivity contribution in [3.05, 3.63) is 137 Å². The van der Waals surface area contributed by atoms with Crippen LogP contribution in [0.25, 0.3) is 20.0 Å². The van der Waals surface area contributed by atoms with Gasteiger partial charge in [-0.05, 0) is 84.6 Å². The Bertz CT molecular complexity index is 3630. The van der Waals surface area contributed by atoms with E-state index in [0.717, 1.165) is 59.9 Å². The van der Waals surface area contributed by atoms with Crippen LogP contribution in [0.3, 0.4) is 0 Å². The van der Waals surface area contributed by atoms with Crippen LogP contribution in [0.1, 0.15) is 67.3 Å². The molecular weight excluding hydrogens is 1190 g/mol. The van der Waals surface area contributed by atoms with Crippen molar-refractivity contribution in [2.75, 3.05) is 0 Å². The van der Waals surface area contributed by atoms with E-state index in [2.05, 4.69) is 19.9 Å². The van der Waals surface area contributed by atoms with E-state index in [-0.39, 0.29) is 187 Å². The minimum Gasteiger partial charge on any atom is -0.744 e. The number of rotatable bonds is 12. The molecule has 0 saturated carbocycles. The van der Waals surface area contributed by atoms with E-state index in [0.29, 0.717) is 31.4 Å². The van der Waals surface area contributed by atoms with Gasteiger partial charge in [0.15, 0.2) is 20.0 Å². The van der Waals surface area contributed by atoms with Gasteiger partial charge in [-0.2, -0.15) is 0 Å². The summed E-state index contributed by atoms with van der Waals surface area (Å²) in [4.78, 5) is 14.5. The molecule has 0 spiro atoms. The minimum atomic E-state index is -5.38. The van der Waals surface area contributed by atoms with Crippen molar-refractivity contribution in [2.24, 2.45) is 0 Å². The second-order valence-electron chi connectivity index (χ2n) is 16.3. The first-order valence-electron chi connectivity index (χ1n) is 20.6. The van der Waals surface area contributed by atoms with Crippen LogP contribution in [0, 0.1) is 13.8 Å². The summed E-state index contributed by atoms with van der Waals surface area (Å²) in [6, 6.07) is 6.77. The molecule has 76 heavy (non-hydrogen) atoms. The zero-order valence-corrected chi connectivity index (χ0v) is 55.4. The predicted molar refractivity (Wildman–Crippen MR) is 257 cm³/mol. The Labute approximate surface area is 540 Å². The van der Waals surface area contributed by atoms with Crippen LogP contribution < -0.4 is 128 Å². The molecule has 0 unspecified atom stereocenters. The average molecular weight is 1220 g/mol. The van der Waals surface area contributed by atoms with Crippen LogP contribution in [0.4, 0.5) is 0 Å². The SMILES string of the molecule is Cc1csc(-c2nc(COc3c4cc(S(=O)(=O)[O-])cc3Cc3cc(S(=O)(=O)[O-])cc(c3O)Cc3cc(S(=O)(=O)[O-])cc(c3OCc3csc(-c5nc(C)cs5)n3)Cc3cc(S(=O)(=O)[O-])cc(c3O)C4)cs2)n1.[Na+].[Na+].[Na+].[Na+]. The zero-order chi connectivity index (χ0) is 51.7. The first kappa shape index (κ1) is 65.1. The Morgan fingerprint density at radius 2 is 0.658 bits per heavy atom. The number of hydrogen-bond donors (Lipinski definition) is 2. The van der Waals surface area contributed by atoms with Crippen molar-refractivity contribution in [3.8, 4) is 43.0 Å². The van der Waals surface area contributed by atoms with Crippen LogP contribution in [0.2, 0.25) is 0 Å². The van der Waals surface area contributed by atoms with Crippen molar-refractivity contribution >= 4 is 85.8 Å². The molecule has 0 aliphatic heterocycles. The van der Waals surface area contributed by atoms with Gasteiger partial charge in [-0.25, -0.2) is 53.6 Å². The third-order valence-corrected chi connectivity index (χ3v) is 18.3. The summed E-state index contributed by atoms with van der Waals surface area (Å²) >= 11 is 5.14. The molecule has 8 aromatic rings. The van der Waals surface area contributed by atoms with Gasteiger partial charge in [-0.15, -0.1) is 45.3 Å². The summed E-state index contributed by atoms with van der Waals surface area (Å²) in [7, 11) is -21.5. The first-order chi connectivity index (χ1) is 33.8. The Balaban J connectivity index is 0.00000267. The molecule has 1 aliphatic rings. The fraction of sp³-hybridized carbons (Fsp3) is 0.182. The third-order valence-electron chi connectivity index (χ3n) is 11.0. The van der Waals surface area contributed by atoms with Crippen molar-refractivity contribution < 1.29 is 190 Å². The number of phenolic OH excluding ortho intramolecular Hbond substituents is 2. The zero-order valence-electron chi connectivity index (χ0n) is 40.8. The maximum atomic E-state index is 12.8. The molecule has 0 atom stereocenters. The van der Waals surface area contributed by atoms with E-state index in [9.17, 15) is 62.1 Å². The first-order valence-corrected chi connectivity index (χ1v) is 29.8. The molecule has 4 aromatic heterocycles. The van der Waals surface area contributed by atoms with Gasteiger partial charge >= 0.3 is 118 Å². The summed E-state index contributed by atoms with van der Waals surface area (Å²) in [6.45, 7) is 2.91. The van der Waals surface area contributed by atoms with E-state index < -0.39 is 97.2 Å². The number of phenols is 2. The van der Waals surface area contributed by atoms with Crippen LogP contribution in [-0.2, 0) is 79.4 Å². The number of nitrogens with zero attached hydrogens (tertiary/aromatic N) is 4. The number of hydrogen-bond acceptors (Lipinski definition) is 24. The van der Waals surface area contributed by atoms with Crippen molar-refractivity contribution in [1.29, 1.82) is 0 Å². The Kier molecular flexibility index (Phi) is 21.9. The van der Waals surface area contributed by atoms with Gasteiger partial charge in [-0.3, -0.25) is 0 Å². The van der Waals surface area contributed by atoms with E-state index in [1.54, 1.807) is 24.6 Å². The van der Waals surface area contributed by atoms with Crippen LogP contribution >= 0.6 is 45.3 Å². The fourth-order valence-corrected chi connectivity index (χ4v) is 13.5. The second kappa shape index (κ2) is 25.6. The molecule has 0 fully saturated rings. The van der Waals surface area contributed by atoms with Gasteiger partial charge in [0.1, 0.15) is 76.7 Å². The van der Waals surface area contributed by atoms with Gasteiger partial charge < -0.3 is 37.9 Å². The van der Waals surface area contributed by atoms with Gasteiger partial charge in [0.2, 0.25) is 0 Å². The number of aromatic nitrogens is 4. The number of ether oxygens (including phenoxy) is 2. The van der Waals surface area contributed by atoms with Crippen molar-refractivity contribution in [2.45, 2.75) is 72.3 Å². The average Bonchev–Trinajstić information content (AvgIpc) is 4.12. The van der Waals surface area contributed by atoms with Gasteiger partial charge in [0.05, 0.1) is 31.0 Å². The van der Waals surface area contributed by atoms with Crippen molar-refractivity contribution in [1.82, 2.24) is 19.9 Å². The summed E-state index contributed by atoms with van der Waals surface area (Å²) in [6.07, 6.45) is -2.74. The second-order valence-corrected chi connectivity index (χ2v) is 25.2. The number of aryl methyl sites for hydroxylation is 2. The molecule has 8 bridgehead atoms. The van der Waals surface area contributed by atoms with Gasteiger partial charge in [0.25, 0.3) is 0 Å². The Morgan fingerprint density at radius 1 is 0.421 bits per heavy atom. The van der Waals surface area contributed by atoms with E-state index in [4.69, 9.17) is 9.47 Å². The predicted octanol–water partition coefficient (Wildman–Crippen LogP) is -5.66. The molecule has 4 aromatic carbocycles. The topological polar surface area (TPSA) is 339 Å². The normalized spacial score (nSPS) is 12.6. The van der Waals surface area contributed by atoms with Crippen LogP contribution in [-0.4, -0.2) is 82.0 Å². The van der Waals surface area contributed by atoms with E-state index >= 15 is 0 Å². The monoisotopic (exact) mass is 1220 g/mol. The Hall–Kier alpha value is -1.76. The maximum absolute atomic E-state index is 12.8. The molecule has 376 valence electrons.